The van der Waals surface area contributed by atoms with Crippen LogP contribution in [-0.4, -0.2) is 6.29 Å². The lowest BCUT2D eigenvalue weighted by Crippen LogP contribution is -1.97. The van der Waals surface area contributed by atoms with E-state index in [1.807, 2.05) is 0 Å². The van der Waals surface area contributed by atoms with Gasteiger partial charge in [-0.3, -0.25) is 4.79 Å². The van der Waals surface area contributed by atoms with Gasteiger partial charge in [0.05, 0.1) is 0 Å². The van der Waals surface area contributed by atoms with Crippen LogP contribution in [0.5, 0.6) is 0 Å². The number of aldehydes is 1. The predicted molar refractivity (Wildman–Crippen MR) is 49.0 cm³/mol. The standard InChI is InChI=1S/C10H13ClO/c11-10-5-8-2-1-7(3-8)4-9(10)6-12/h6-8H,1-5H2. The van der Waals surface area contributed by atoms with Gasteiger partial charge in [-0.15, -0.1) is 0 Å². The first kappa shape index (κ1) is 8.31. The van der Waals surface area contributed by atoms with Gasteiger partial charge in [-0.1, -0.05) is 11.6 Å². The van der Waals surface area contributed by atoms with Crippen LogP contribution < -0.4 is 0 Å². The Labute approximate surface area is 77.8 Å². The van der Waals surface area contributed by atoms with E-state index in [0.717, 1.165) is 41.6 Å². The maximum absolute atomic E-state index is 10.7. The van der Waals surface area contributed by atoms with Crippen molar-refractivity contribution in [1.82, 2.24) is 0 Å². The minimum Gasteiger partial charge on any atom is -0.298 e. The lowest BCUT2D eigenvalue weighted by Gasteiger charge is -2.08. The number of carbonyl (C=O) groups excluding carboxylic acids is 1. The van der Waals surface area contributed by atoms with E-state index in [1.54, 1.807) is 0 Å². The highest BCUT2D eigenvalue weighted by atomic mass is 35.5. The molecule has 0 saturated heterocycles. The summed E-state index contributed by atoms with van der Waals surface area (Å²) >= 11 is 6.03. The molecule has 2 unspecified atom stereocenters. The number of halogens is 1. The smallest absolute Gasteiger partial charge is 0.147 e. The quantitative estimate of drug-likeness (QED) is 0.573. The lowest BCUT2D eigenvalue weighted by atomic mass is 9.99. The van der Waals surface area contributed by atoms with E-state index >= 15 is 0 Å². The van der Waals surface area contributed by atoms with E-state index in [9.17, 15) is 4.79 Å². The van der Waals surface area contributed by atoms with Crippen molar-refractivity contribution in [1.29, 1.82) is 0 Å². The number of carbonyl (C=O) groups is 1. The number of fused-ring (bicyclic) bond motifs is 2. The maximum atomic E-state index is 10.7. The van der Waals surface area contributed by atoms with Gasteiger partial charge in [0.2, 0.25) is 0 Å². The summed E-state index contributed by atoms with van der Waals surface area (Å²) in [7, 11) is 0. The third-order valence-electron chi connectivity index (χ3n) is 3.12. The highest BCUT2D eigenvalue weighted by molar-refractivity contribution is 6.31. The van der Waals surface area contributed by atoms with Crippen LogP contribution in [0.2, 0.25) is 0 Å². The molecule has 0 aromatic carbocycles. The van der Waals surface area contributed by atoms with Gasteiger partial charge in [-0.2, -0.15) is 0 Å². The maximum Gasteiger partial charge on any atom is 0.147 e. The Bertz CT molecular complexity index is 232. The molecule has 0 aromatic rings. The molecule has 1 nitrogen and oxygen atoms in total. The van der Waals surface area contributed by atoms with Crippen LogP contribution in [0.25, 0.3) is 0 Å². The van der Waals surface area contributed by atoms with E-state index in [2.05, 4.69) is 0 Å². The summed E-state index contributed by atoms with van der Waals surface area (Å²) in [6.45, 7) is 0. The zero-order valence-corrected chi connectivity index (χ0v) is 7.81. The number of allylic oxidation sites excluding steroid dienone is 2. The zero-order valence-electron chi connectivity index (χ0n) is 7.05. The lowest BCUT2D eigenvalue weighted by molar-refractivity contribution is -0.105. The van der Waals surface area contributed by atoms with Crippen LogP contribution in [0, 0.1) is 11.8 Å². The van der Waals surface area contributed by atoms with Crippen molar-refractivity contribution in [2.24, 2.45) is 11.8 Å². The Kier molecular flexibility index (Phi) is 2.22. The summed E-state index contributed by atoms with van der Waals surface area (Å²) in [4.78, 5) is 10.7. The zero-order chi connectivity index (χ0) is 8.55. The molecule has 2 heteroatoms. The molecule has 2 rings (SSSR count). The molecule has 0 spiro atoms. The van der Waals surface area contributed by atoms with Crippen LogP contribution in [-0.2, 0) is 4.79 Å². The molecule has 0 N–H and O–H groups in total. The highest BCUT2D eigenvalue weighted by Crippen LogP contribution is 2.42. The molecule has 0 amide bonds. The molecule has 1 fully saturated rings. The van der Waals surface area contributed by atoms with Crippen molar-refractivity contribution in [2.45, 2.75) is 32.1 Å². The van der Waals surface area contributed by atoms with Gasteiger partial charge in [-0.25, -0.2) is 0 Å². The molecule has 1 saturated carbocycles. The summed E-state index contributed by atoms with van der Waals surface area (Å²) in [6.07, 6.45) is 6.72. The van der Waals surface area contributed by atoms with Gasteiger partial charge in [0.25, 0.3) is 0 Å². The van der Waals surface area contributed by atoms with Gasteiger partial charge < -0.3 is 0 Å². The molecule has 0 aromatic heterocycles. The van der Waals surface area contributed by atoms with Crippen molar-refractivity contribution >= 4 is 17.9 Å². The number of hydrogen-bond donors (Lipinski definition) is 0. The second kappa shape index (κ2) is 3.21. The first-order chi connectivity index (χ1) is 5.79. The van der Waals surface area contributed by atoms with Crippen LogP contribution in [0.4, 0.5) is 0 Å². The van der Waals surface area contributed by atoms with Crippen molar-refractivity contribution in [3.63, 3.8) is 0 Å². The molecular formula is C10H13ClO. The molecule has 12 heavy (non-hydrogen) atoms. The van der Waals surface area contributed by atoms with Gasteiger partial charge in [-0.05, 0) is 43.9 Å². The monoisotopic (exact) mass is 184 g/mol. The Morgan fingerprint density at radius 2 is 1.92 bits per heavy atom. The summed E-state index contributed by atoms with van der Waals surface area (Å²) < 4.78 is 0. The summed E-state index contributed by atoms with van der Waals surface area (Å²) in [5.74, 6) is 1.51. The Hall–Kier alpha value is -0.300. The molecule has 2 aliphatic rings. The van der Waals surface area contributed by atoms with Gasteiger partial charge in [0.15, 0.2) is 0 Å². The van der Waals surface area contributed by atoms with E-state index in [4.69, 9.17) is 11.6 Å². The second-order valence-corrected chi connectivity index (χ2v) is 4.46. The normalized spacial score (nSPS) is 35.1. The topological polar surface area (TPSA) is 17.1 Å². The van der Waals surface area contributed by atoms with Gasteiger partial charge >= 0.3 is 0 Å². The fraction of sp³-hybridized carbons (Fsp3) is 0.700. The Morgan fingerprint density at radius 3 is 2.58 bits per heavy atom. The van der Waals surface area contributed by atoms with Crippen LogP contribution in [0.3, 0.4) is 0 Å². The Morgan fingerprint density at radius 1 is 1.25 bits per heavy atom. The largest absolute Gasteiger partial charge is 0.298 e. The van der Waals surface area contributed by atoms with E-state index < -0.39 is 0 Å². The highest BCUT2D eigenvalue weighted by Gasteiger charge is 2.29. The minimum absolute atomic E-state index is 0.742. The minimum atomic E-state index is 0.742. The molecule has 0 heterocycles. The van der Waals surface area contributed by atoms with Crippen molar-refractivity contribution in [3.8, 4) is 0 Å². The van der Waals surface area contributed by atoms with Crippen LogP contribution >= 0.6 is 11.6 Å². The third kappa shape index (κ3) is 1.42. The van der Waals surface area contributed by atoms with Crippen LogP contribution in [0.15, 0.2) is 10.6 Å². The van der Waals surface area contributed by atoms with Crippen molar-refractivity contribution < 1.29 is 4.79 Å². The van der Waals surface area contributed by atoms with Crippen molar-refractivity contribution in [2.75, 3.05) is 0 Å². The first-order valence-corrected chi connectivity index (χ1v) is 5.00. The molecule has 66 valence electrons. The van der Waals surface area contributed by atoms with Crippen molar-refractivity contribution in [3.05, 3.63) is 10.6 Å². The average molecular weight is 185 g/mol. The molecule has 0 aliphatic heterocycles. The molecular weight excluding hydrogens is 172 g/mol. The fourth-order valence-corrected chi connectivity index (χ4v) is 2.81. The molecule has 0 radical (unpaired) electrons. The van der Waals surface area contributed by atoms with Crippen LogP contribution in [0.1, 0.15) is 32.1 Å². The summed E-state index contributed by atoms with van der Waals surface area (Å²) in [6, 6.07) is 0. The Balaban J connectivity index is 2.22. The molecule has 2 aliphatic carbocycles. The first-order valence-electron chi connectivity index (χ1n) is 4.62. The molecule has 2 atom stereocenters. The second-order valence-electron chi connectivity index (χ2n) is 4.00. The van der Waals surface area contributed by atoms with E-state index in [0.29, 0.717) is 0 Å². The number of rotatable bonds is 1. The van der Waals surface area contributed by atoms with Gasteiger partial charge in [0.1, 0.15) is 6.29 Å². The third-order valence-corrected chi connectivity index (χ3v) is 3.51. The summed E-state index contributed by atoms with van der Waals surface area (Å²) in [5.41, 5.74) is 0.865. The molecule has 2 bridgehead atoms. The summed E-state index contributed by atoms with van der Waals surface area (Å²) in [5, 5.41) is 0.831. The SMILES string of the molecule is O=CC1=C(Cl)CC2CCC(C1)C2. The van der Waals surface area contributed by atoms with E-state index in [1.165, 1.54) is 19.3 Å². The average Bonchev–Trinajstić information content (AvgIpc) is 2.39. The predicted octanol–water partition coefficient (Wildman–Crippen LogP) is 2.89. The van der Waals surface area contributed by atoms with E-state index in [-0.39, 0.29) is 0 Å². The number of hydrogen-bond acceptors (Lipinski definition) is 1. The van der Waals surface area contributed by atoms with Gasteiger partial charge in [0, 0.05) is 10.6 Å². The fourth-order valence-electron chi connectivity index (χ4n) is 2.47.